The van der Waals surface area contributed by atoms with Crippen LogP contribution in [0.3, 0.4) is 0 Å². The van der Waals surface area contributed by atoms with Gasteiger partial charge in [-0.3, -0.25) is 19.5 Å². The van der Waals surface area contributed by atoms with Gasteiger partial charge in [-0.2, -0.15) is 0 Å². The smallest absolute Gasteiger partial charge is 0.276 e. The van der Waals surface area contributed by atoms with E-state index >= 15 is 0 Å². The number of benzene rings is 2. The van der Waals surface area contributed by atoms with E-state index in [1.54, 1.807) is 27.8 Å². The number of methoxy groups -OCH3 is 2. The fraction of sp³-hybridized carbons (Fsp3) is 0.344. The number of amides is 2. The van der Waals surface area contributed by atoms with Gasteiger partial charge in [0.2, 0.25) is 0 Å². The molecule has 5 rings (SSSR count). The van der Waals surface area contributed by atoms with Crippen LogP contribution in [0.4, 0.5) is 5.69 Å². The van der Waals surface area contributed by atoms with Gasteiger partial charge in [0, 0.05) is 64.3 Å². The van der Waals surface area contributed by atoms with Crippen LogP contribution in [-0.4, -0.2) is 88.6 Å². The van der Waals surface area contributed by atoms with E-state index in [-0.39, 0.29) is 24.1 Å². The second-order valence-electron chi connectivity index (χ2n) is 10.4. The summed E-state index contributed by atoms with van der Waals surface area (Å²) in [6.45, 7) is 5.08. The standard InChI is InChI=1S/C32H37N7O4/c1-24-31(34-35-39(24)27-12-8-13-28(20-27)43-3)32(41)37-19-18-36(22-26-11-6-7-15-33-26)16-9-17-38(30(40)23-42-2)29-14-5-4-10-25(29)21-37/h4-8,10-15,20H,9,16-19,21-23H2,1-3H3. The number of hydrogen-bond acceptors (Lipinski definition) is 8. The summed E-state index contributed by atoms with van der Waals surface area (Å²) < 4.78 is 12.2. The van der Waals surface area contributed by atoms with Gasteiger partial charge in [-0.1, -0.05) is 35.5 Å². The molecule has 43 heavy (non-hydrogen) atoms. The average molecular weight is 584 g/mol. The Kier molecular flexibility index (Phi) is 9.75. The van der Waals surface area contributed by atoms with E-state index in [9.17, 15) is 9.59 Å². The molecule has 0 bridgehead atoms. The van der Waals surface area contributed by atoms with E-state index < -0.39 is 0 Å². The molecule has 1 aliphatic heterocycles. The first kappa shape index (κ1) is 29.9. The van der Waals surface area contributed by atoms with Gasteiger partial charge in [-0.05, 0) is 49.2 Å². The second kappa shape index (κ2) is 14.0. The van der Waals surface area contributed by atoms with Crippen LogP contribution in [0.25, 0.3) is 5.69 Å². The number of aromatic nitrogens is 4. The summed E-state index contributed by atoms with van der Waals surface area (Å²) in [5.74, 6) is 0.332. The van der Waals surface area contributed by atoms with Crippen molar-refractivity contribution in [1.29, 1.82) is 0 Å². The third-order valence-corrected chi connectivity index (χ3v) is 7.55. The van der Waals surface area contributed by atoms with E-state index in [1.807, 2.05) is 73.7 Å². The Morgan fingerprint density at radius 2 is 1.77 bits per heavy atom. The van der Waals surface area contributed by atoms with E-state index in [0.717, 1.165) is 35.6 Å². The van der Waals surface area contributed by atoms with Gasteiger partial charge in [0.15, 0.2) is 5.69 Å². The van der Waals surface area contributed by atoms with Gasteiger partial charge in [-0.25, -0.2) is 4.68 Å². The Morgan fingerprint density at radius 3 is 2.56 bits per heavy atom. The van der Waals surface area contributed by atoms with Gasteiger partial charge in [0.25, 0.3) is 11.8 Å². The molecule has 0 saturated carbocycles. The zero-order chi connectivity index (χ0) is 30.2. The number of carbonyl (C=O) groups excluding carboxylic acids is 2. The molecular weight excluding hydrogens is 546 g/mol. The lowest BCUT2D eigenvalue weighted by molar-refractivity contribution is -0.122. The summed E-state index contributed by atoms with van der Waals surface area (Å²) >= 11 is 0. The Balaban J connectivity index is 1.49. The van der Waals surface area contributed by atoms with Crippen molar-refractivity contribution in [2.24, 2.45) is 0 Å². The molecule has 0 aliphatic carbocycles. The minimum atomic E-state index is -0.228. The summed E-state index contributed by atoms with van der Waals surface area (Å²) in [5, 5.41) is 8.64. The van der Waals surface area contributed by atoms with E-state index in [2.05, 4.69) is 20.2 Å². The monoisotopic (exact) mass is 583 g/mol. The van der Waals surface area contributed by atoms with Crippen molar-refractivity contribution >= 4 is 17.5 Å². The molecular formula is C32H37N7O4. The molecule has 0 N–H and O–H groups in total. The van der Waals surface area contributed by atoms with Crippen molar-refractivity contribution in [1.82, 2.24) is 29.8 Å². The molecule has 0 fully saturated rings. The van der Waals surface area contributed by atoms with Crippen LogP contribution < -0.4 is 9.64 Å². The van der Waals surface area contributed by atoms with Gasteiger partial charge >= 0.3 is 0 Å². The van der Waals surface area contributed by atoms with E-state index in [0.29, 0.717) is 44.2 Å². The Labute approximate surface area is 251 Å². The van der Waals surface area contributed by atoms with E-state index in [1.165, 1.54) is 7.11 Å². The lowest BCUT2D eigenvalue weighted by Gasteiger charge is -2.28. The summed E-state index contributed by atoms with van der Waals surface area (Å²) in [6, 6.07) is 21.1. The summed E-state index contributed by atoms with van der Waals surface area (Å²) in [6.07, 6.45) is 2.53. The molecule has 2 amide bonds. The molecule has 11 nitrogen and oxygen atoms in total. The highest BCUT2D eigenvalue weighted by Crippen LogP contribution is 2.25. The number of para-hydroxylation sites is 1. The molecule has 4 aromatic rings. The van der Waals surface area contributed by atoms with Gasteiger partial charge in [0.1, 0.15) is 12.4 Å². The van der Waals surface area contributed by atoms with Crippen LogP contribution in [0.5, 0.6) is 5.75 Å². The van der Waals surface area contributed by atoms with Crippen molar-refractivity contribution < 1.29 is 19.1 Å². The number of rotatable bonds is 7. The van der Waals surface area contributed by atoms with Crippen LogP contribution in [0.2, 0.25) is 0 Å². The van der Waals surface area contributed by atoms with Crippen LogP contribution in [-0.2, 0) is 22.6 Å². The molecule has 2 aromatic carbocycles. The molecule has 0 spiro atoms. The lowest BCUT2D eigenvalue weighted by Crippen LogP contribution is -2.39. The largest absolute Gasteiger partial charge is 0.497 e. The number of carbonyl (C=O) groups is 2. The molecule has 1 aliphatic rings. The minimum Gasteiger partial charge on any atom is -0.497 e. The van der Waals surface area contributed by atoms with Gasteiger partial charge in [-0.15, -0.1) is 5.10 Å². The summed E-state index contributed by atoms with van der Waals surface area (Å²) in [5.41, 5.74) is 4.25. The first-order valence-corrected chi connectivity index (χ1v) is 14.3. The topological polar surface area (TPSA) is 106 Å². The van der Waals surface area contributed by atoms with Crippen LogP contribution in [0, 0.1) is 6.92 Å². The van der Waals surface area contributed by atoms with Crippen molar-refractivity contribution in [2.75, 3.05) is 51.9 Å². The minimum absolute atomic E-state index is 0.0266. The van der Waals surface area contributed by atoms with Crippen molar-refractivity contribution in [3.63, 3.8) is 0 Å². The number of ether oxygens (including phenoxy) is 2. The second-order valence-corrected chi connectivity index (χ2v) is 10.4. The molecule has 0 atom stereocenters. The first-order valence-electron chi connectivity index (χ1n) is 14.3. The first-order chi connectivity index (χ1) is 21.0. The summed E-state index contributed by atoms with van der Waals surface area (Å²) in [4.78, 5) is 37.8. The molecule has 3 heterocycles. The number of fused-ring (bicyclic) bond motifs is 1. The Bertz CT molecular complexity index is 1540. The fourth-order valence-corrected chi connectivity index (χ4v) is 5.32. The fourth-order valence-electron chi connectivity index (χ4n) is 5.32. The van der Waals surface area contributed by atoms with Crippen molar-refractivity contribution in [2.45, 2.75) is 26.4 Å². The quantitative estimate of drug-likeness (QED) is 0.326. The van der Waals surface area contributed by atoms with Gasteiger partial charge < -0.3 is 19.3 Å². The Morgan fingerprint density at radius 1 is 0.930 bits per heavy atom. The highest BCUT2D eigenvalue weighted by Gasteiger charge is 2.27. The lowest BCUT2D eigenvalue weighted by atomic mass is 10.1. The SMILES string of the molecule is COCC(=O)N1CCCN(Cc2ccccn2)CCN(C(=O)c2nnn(-c3cccc(OC)c3)c2C)Cc2ccccc21. The molecule has 0 radical (unpaired) electrons. The molecule has 11 heteroatoms. The molecule has 0 saturated heterocycles. The zero-order valence-corrected chi connectivity index (χ0v) is 24.8. The normalized spacial score (nSPS) is 14.6. The predicted octanol–water partition coefficient (Wildman–Crippen LogP) is 3.51. The maximum atomic E-state index is 14.2. The third kappa shape index (κ3) is 7.07. The van der Waals surface area contributed by atoms with Crippen LogP contribution in [0.15, 0.2) is 72.9 Å². The molecule has 0 unspecified atom stereocenters. The number of pyridine rings is 1. The third-order valence-electron chi connectivity index (χ3n) is 7.55. The maximum Gasteiger partial charge on any atom is 0.276 e. The average Bonchev–Trinajstić information content (AvgIpc) is 3.41. The van der Waals surface area contributed by atoms with Crippen molar-refractivity contribution in [3.8, 4) is 11.4 Å². The number of hydrogen-bond donors (Lipinski definition) is 0. The van der Waals surface area contributed by atoms with Crippen LogP contribution in [0.1, 0.15) is 33.9 Å². The molecule has 224 valence electrons. The molecule has 2 aromatic heterocycles. The number of nitrogens with zero attached hydrogens (tertiary/aromatic N) is 7. The van der Waals surface area contributed by atoms with Crippen LogP contribution >= 0.6 is 0 Å². The predicted molar refractivity (Wildman–Crippen MR) is 162 cm³/mol. The Hall–Kier alpha value is -4.61. The van der Waals surface area contributed by atoms with Crippen molar-refractivity contribution in [3.05, 3.63) is 95.6 Å². The zero-order valence-electron chi connectivity index (χ0n) is 24.8. The highest BCUT2D eigenvalue weighted by molar-refractivity contribution is 5.96. The number of anilines is 1. The van der Waals surface area contributed by atoms with Gasteiger partial charge in [0.05, 0.1) is 24.2 Å². The maximum absolute atomic E-state index is 14.2. The highest BCUT2D eigenvalue weighted by atomic mass is 16.5. The van der Waals surface area contributed by atoms with E-state index in [4.69, 9.17) is 9.47 Å². The summed E-state index contributed by atoms with van der Waals surface area (Å²) in [7, 11) is 3.13.